The van der Waals surface area contributed by atoms with Crippen molar-refractivity contribution in [2.45, 2.75) is 19.8 Å². The van der Waals surface area contributed by atoms with E-state index in [1.54, 1.807) is 18.5 Å². The first kappa shape index (κ1) is 13.7. The summed E-state index contributed by atoms with van der Waals surface area (Å²) in [4.78, 5) is 19.1. The van der Waals surface area contributed by atoms with E-state index in [-0.39, 0.29) is 0 Å². The topological polar surface area (TPSA) is 64.0 Å². The van der Waals surface area contributed by atoms with Gasteiger partial charge in [-0.3, -0.25) is 0 Å². The molecule has 1 fully saturated rings. The first-order valence-electron chi connectivity index (χ1n) is 7.25. The van der Waals surface area contributed by atoms with Crippen molar-refractivity contribution in [1.29, 1.82) is 0 Å². The first-order chi connectivity index (χ1) is 10.3. The van der Waals surface area contributed by atoms with Gasteiger partial charge in [0.25, 0.3) is 0 Å². The monoisotopic (exact) mass is 285 g/mol. The molecule has 1 aliphatic heterocycles. The summed E-state index contributed by atoms with van der Waals surface area (Å²) >= 11 is 0. The molecule has 110 valence electrons. The van der Waals surface area contributed by atoms with Crippen molar-refractivity contribution in [3.05, 3.63) is 36.5 Å². The highest BCUT2D eigenvalue weighted by molar-refractivity contribution is 5.37. The van der Waals surface area contributed by atoms with Gasteiger partial charge >= 0.3 is 6.01 Å². The average Bonchev–Trinajstić information content (AvgIpc) is 2.54. The zero-order valence-corrected chi connectivity index (χ0v) is 12.1. The Kier molecular flexibility index (Phi) is 4.23. The molecule has 0 aromatic carbocycles. The Morgan fingerprint density at radius 2 is 1.90 bits per heavy atom. The summed E-state index contributed by atoms with van der Waals surface area (Å²) in [6.45, 7) is 4.60. The first-order valence-corrected chi connectivity index (χ1v) is 7.25. The molecule has 0 spiro atoms. The molecule has 0 saturated carbocycles. The standard InChI is InChI=1S/C15H19N5O/c1-12-16-8-3-14(19-12)20-9-4-13(5-10-20)11-21-15-17-6-2-7-18-15/h2-3,6-8,13H,4-5,9-11H2,1H3. The average molecular weight is 285 g/mol. The lowest BCUT2D eigenvalue weighted by Crippen LogP contribution is -2.36. The summed E-state index contributed by atoms with van der Waals surface area (Å²) in [6, 6.07) is 4.22. The third-order valence-electron chi connectivity index (χ3n) is 3.69. The Labute approximate surface area is 124 Å². The quantitative estimate of drug-likeness (QED) is 0.854. The van der Waals surface area contributed by atoms with Crippen LogP contribution in [-0.2, 0) is 0 Å². The van der Waals surface area contributed by atoms with Crippen molar-refractivity contribution >= 4 is 5.82 Å². The smallest absolute Gasteiger partial charge is 0.316 e. The minimum absolute atomic E-state index is 0.464. The number of hydrogen-bond acceptors (Lipinski definition) is 6. The molecular formula is C15H19N5O. The van der Waals surface area contributed by atoms with E-state index in [1.807, 2.05) is 19.2 Å². The Bertz CT molecular complexity index is 569. The molecule has 0 atom stereocenters. The highest BCUT2D eigenvalue weighted by Crippen LogP contribution is 2.22. The van der Waals surface area contributed by atoms with E-state index in [9.17, 15) is 0 Å². The van der Waals surface area contributed by atoms with Crippen LogP contribution in [0.15, 0.2) is 30.7 Å². The van der Waals surface area contributed by atoms with Crippen LogP contribution in [0.25, 0.3) is 0 Å². The van der Waals surface area contributed by atoms with Gasteiger partial charge in [-0.1, -0.05) is 0 Å². The van der Waals surface area contributed by atoms with Gasteiger partial charge in [-0.25, -0.2) is 19.9 Å². The second-order valence-corrected chi connectivity index (χ2v) is 5.23. The van der Waals surface area contributed by atoms with Crippen molar-refractivity contribution in [3.63, 3.8) is 0 Å². The maximum atomic E-state index is 5.64. The fourth-order valence-corrected chi connectivity index (χ4v) is 2.50. The molecule has 0 unspecified atom stereocenters. The summed E-state index contributed by atoms with van der Waals surface area (Å²) in [7, 11) is 0. The maximum absolute atomic E-state index is 5.64. The Balaban J connectivity index is 1.49. The molecule has 0 N–H and O–H groups in total. The Morgan fingerprint density at radius 1 is 1.14 bits per heavy atom. The number of anilines is 1. The van der Waals surface area contributed by atoms with E-state index in [2.05, 4.69) is 24.8 Å². The molecule has 2 aromatic heterocycles. The summed E-state index contributed by atoms with van der Waals surface area (Å²) in [5.74, 6) is 2.39. The van der Waals surface area contributed by atoms with Crippen molar-refractivity contribution in [2.75, 3.05) is 24.6 Å². The van der Waals surface area contributed by atoms with Crippen LogP contribution >= 0.6 is 0 Å². The summed E-state index contributed by atoms with van der Waals surface area (Å²) < 4.78 is 5.64. The fraction of sp³-hybridized carbons (Fsp3) is 0.467. The predicted octanol–water partition coefficient (Wildman–Crippen LogP) is 1.87. The molecule has 0 radical (unpaired) electrons. The normalized spacial score (nSPS) is 16.0. The zero-order chi connectivity index (χ0) is 14.5. The highest BCUT2D eigenvalue weighted by atomic mass is 16.5. The number of rotatable bonds is 4. The number of piperidine rings is 1. The molecule has 3 heterocycles. The summed E-state index contributed by atoms with van der Waals surface area (Å²) in [5.41, 5.74) is 0. The van der Waals surface area contributed by atoms with Crippen LogP contribution in [0.3, 0.4) is 0 Å². The highest BCUT2D eigenvalue weighted by Gasteiger charge is 2.21. The lowest BCUT2D eigenvalue weighted by molar-refractivity contribution is 0.208. The van der Waals surface area contributed by atoms with Crippen LogP contribution < -0.4 is 9.64 Å². The SMILES string of the molecule is Cc1nccc(N2CCC(COc3ncccn3)CC2)n1. The molecule has 2 aromatic rings. The number of aromatic nitrogens is 4. The Hall–Kier alpha value is -2.24. The number of aryl methyl sites for hydroxylation is 1. The van der Waals surface area contributed by atoms with Gasteiger partial charge < -0.3 is 9.64 Å². The molecule has 3 rings (SSSR count). The van der Waals surface area contributed by atoms with Crippen molar-refractivity contribution in [2.24, 2.45) is 5.92 Å². The zero-order valence-electron chi connectivity index (χ0n) is 12.1. The van der Waals surface area contributed by atoms with E-state index in [0.717, 1.165) is 37.6 Å². The number of ether oxygens (including phenoxy) is 1. The van der Waals surface area contributed by atoms with Crippen molar-refractivity contribution in [1.82, 2.24) is 19.9 Å². The van der Waals surface area contributed by atoms with Gasteiger partial charge in [0.2, 0.25) is 0 Å². The fourth-order valence-electron chi connectivity index (χ4n) is 2.50. The van der Waals surface area contributed by atoms with Gasteiger partial charge in [0.15, 0.2) is 0 Å². The van der Waals surface area contributed by atoms with Gasteiger partial charge in [0.1, 0.15) is 11.6 Å². The van der Waals surface area contributed by atoms with Gasteiger partial charge in [0, 0.05) is 31.7 Å². The maximum Gasteiger partial charge on any atom is 0.316 e. The Morgan fingerprint density at radius 3 is 2.62 bits per heavy atom. The van der Waals surface area contributed by atoms with Crippen LogP contribution in [0, 0.1) is 12.8 Å². The largest absolute Gasteiger partial charge is 0.463 e. The van der Waals surface area contributed by atoms with Crippen molar-refractivity contribution < 1.29 is 4.74 Å². The molecule has 1 aliphatic rings. The van der Waals surface area contributed by atoms with Gasteiger partial charge in [-0.15, -0.1) is 0 Å². The molecule has 6 heteroatoms. The molecule has 0 amide bonds. The van der Waals surface area contributed by atoms with Crippen LogP contribution in [0.5, 0.6) is 6.01 Å². The summed E-state index contributed by atoms with van der Waals surface area (Å²) in [6.07, 6.45) is 7.40. The van der Waals surface area contributed by atoms with E-state index in [0.29, 0.717) is 18.5 Å². The predicted molar refractivity (Wildman–Crippen MR) is 79.2 cm³/mol. The lowest BCUT2D eigenvalue weighted by atomic mass is 9.98. The number of nitrogens with zero attached hydrogens (tertiary/aromatic N) is 5. The van der Waals surface area contributed by atoms with Crippen LogP contribution in [0.2, 0.25) is 0 Å². The van der Waals surface area contributed by atoms with Gasteiger partial charge in [0.05, 0.1) is 6.61 Å². The molecule has 6 nitrogen and oxygen atoms in total. The molecule has 0 bridgehead atoms. The lowest BCUT2D eigenvalue weighted by Gasteiger charge is -2.32. The molecule has 21 heavy (non-hydrogen) atoms. The second-order valence-electron chi connectivity index (χ2n) is 5.23. The van der Waals surface area contributed by atoms with Crippen LogP contribution in [0.4, 0.5) is 5.82 Å². The second kappa shape index (κ2) is 6.47. The molecular weight excluding hydrogens is 266 g/mol. The molecule has 0 aliphatic carbocycles. The number of hydrogen-bond donors (Lipinski definition) is 0. The van der Waals surface area contributed by atoms with E-state index in [1.165, 1.54) is 0 Å². The third-order valence-corrected chi connectivity index (χ3v) is 3.69. The van der Waals surface area contributed by atoms with Crippen LogP contribution in [0.1, 0.15) is 18.7 Å². The summed E-state index contributed by atoms with van der Waals surface area (Å²) in [5, 5.41) is 0. The van der Waals surface area contributed by atoms with E-state index >= 15 is 0 Å². The minimum atomic E-state index is 0.464. The van der Waals surface area contributed by atoms with Crippen LogP contribution in [-0.4, -0.2) is 39.6 Å². The third kappa shape index (κ3) is 3.65. The van der Waals surface area contributed by atoms with Crippen molar-refractivity contribution in [3.8, 4) is 6.01 Å². The van der Waals surface area contributed by atoms with E-state index in [4.69, 9.17) is 4.74 Å². The minimum Gasteiger partial charge on any atom is -0.463 e. The van der Waals surface area contributed by atoms with Gasteiger partial charge in [-0.2, -0.15) is 0 Å². The van der Waals surface area contributed by atoms with E-state index < -0.39 is 0 Å². The molecule has 1 saturated heterocycles. The van der Waals surface area contributed by atoms with Gasteiger partial charge in [-0.05, 0) is 37.8 Å².